The highest BCUT2D eigenvalue weighted by Gasteiger charge is 2.47. The molecule has 2 atom stereocenters. The Hall–Kier alpha value is -1.41. The van der Waals surface area contributed by atoms with Crippen LogP contribution in [0, 0.1) is 0 Å². The number of benzene rings is 1. The van der Waals surface area contributed by atoms with E-state index in [1.165, 1.54) is 0 Å². The molecule has 0 radical (unpaired) electrons. The second kappa shape index (κ2) is 5.06. The van der Waals surface area contributed by atoms with E-state index in [0.29, 0.717) is 5.75 Å². The van der Waals surface area contributed by atoms with Crippen molar-refractivity contribution in [1.82, 2.24) is 0 Å². The van der Waals surface area contributed by atoms with Crippen LogP contribution in [0.25, 0.3) is 0 Å². The van der Waals surface area contributed by atoms with Crippen molar-refractivity contribution in [2.24, 2.45) is 4.99 Å². The molecule has 1 aromatic rings. The van der Waals surface area contributed by atoms with Crippen LogP contribution in [0.1, 0.15) is 6.92 Å². The maximum Gasteiger partial charge on any atom is 0.231 e. The standard InChI is InChI=1S/C14H16N2O4S2/c1-2-21-14-15-10-6-22(17,18)7-11(10)16(14)9-3-4-12-13(5-9)20-8-19-12/h3-5,10-11H,2,6-8H2,1H3. The van der Waals surface area contributed by atoms with E-state index in [-0.39, 0.29) is 30.4 Å². The van der Waals surface area contributed by atoms with Crippen molar-refractivity contribution >= 4 is 32.5 Å². The van der Waals surface area contributed by atoms with Crippen LogP contribution in [0.3, 0.4) is 0 Å². The van der Waals surface area contributed by atoms with E-state index in [4.69, 9.17) is 9.47 Å². The van der Waals surface area contributed by atoms with E-state index in [1.807, 2.05) is 23.1 Å². The van der Waals surface area contributed by atoms with Crippen molar-refractivity contribution in [3.63, 3.8) is 0 Å². The Morgan fingerprint density at radius 2 is 2.14 bits per heavy atom. The van der Waals surface area contributed by atoms with Gasteiger partial charge in [-0.3, -0.25) is 4.99 Å². The SMILES string of the molecule is CCSC1=NC2CS(=O)(=O)CC2N1c1ccc2c(c1)OCO2. The van der Waals surface area contributed by atoms with E-state index >= 15 is 0 Å². The van der Waals surface area contributed by atoms with Gasteiger partial charge in [0.1, 0.15) is 0 Å². The van der Waals surface area contributed by atoms with Gasteiger partial charge in [-0.1, -0.05) is 18.7 Å². The molecule has 0 bridgehead atoms. The van der Waals surface area contributed by atoms with Gasteiger partial charge in [-0.25, -0.2) is 8.42 Å². The van der Waals surface area contributed by atoms with Gasteiger partial charge in [0.15, 0.2) is 26.5 Å². The van der Waals surface area contributed by atoms with E-state index in [9.17, 15) is 8.42 Å². The van der Waals surface area contributed by atoms with Crippen LogP contribution in [0.4, 0.5) is 5.69 Å². The molecular weight excluding hydrogens is 324 g/mol. The summed E-state index contributed by atoms with van der Waals surface area (Å²) in [4.78, 5) is 6.69. The summed E-state index contributed by atoms with van der Waals surface area (Å²) < 4.78 is 34.6. The number of hydrogen-bond donors (Lipinski definition) is 0. The van der Waals surface area contributed by atoms with Crippen molar-refractivity contribution in [1.29, 1.82) is 0 Å². The quantitative estimate of drug-likeness (QED) is 0.813. The molecule has 0 N–H and O–H groups in total. The summed E-state index contributed by atoms with van der Waals surface area (Å²) in [6.07, 6.45) is 0. The van der Waals surface area contributed by atoms with Gasteiger partial charge in [0, 0.05) is 11.8 Å². The molecule has 2 unspecified atom stereocenters. The average Bonchev–Trinajstić information content (AvgIpc) is 3.10. The number of nitrogens with zero attached hydrogens (tertiary/aromatic N) is 2. The van der Waals surface area contributed by atoms with Crippen molar-refractivity contribution in [3.8, 4) is 11.5 Å². The van der Waals surface area contributed by atoms with Gasteiger partial charge >= 0.3 is 0 Å². The Balaban J connectivity index is 1.73. The Bertz CT molecular complexity index is 747. The molecule has 3 aliphatic rings. The Morgan fingerprint density at radius 3 is 2.95 bits per heavy atom. The van der Waals surface area contributed by atoms with E-state index in [1.54, 1.807) is 11.8 Å². The molecule has 1 saturated heterocycles. The average molecular weight is 340 g/mol. The lowest BCUT2D eigenvalue weighted by Gasteiger charge is -2.26. The molecule has 1 fully saturated rings. The third kappa shape index (κ3) is 2.25. The lowest BCUT2D eigenvalue weighted by atomic mass is 10.1. The van der Waals surface area contributed by atoms with Crippen molar-refractivity contribution in [2.45, 2.75) is 19.0 Å². The van der Waals surface area contributed by atoms with Gasteiger partial charge < -0.3 is 14.4 Å². The predicted octanol–water partition coefficient (Wildman–Crippen LogP) is 1.51. The normalized spacial score (nSPS) is 27.9. The molecule has 0 saturated carbocycles. The van der Waals surface area contributed by atoms with Crippen LogP contribution in [0.15, 0.2) is 23.2 Å². The largest absolute Gasteiger partial charge is 0.454 e. The van der Waals surface area contributed by atoms with Gasteiger partial charge in [-0.2, -0.15) is 0 Å². The van der Waals surface area contributed by atoms with E-state index in [2.05, 4.69) is 11.9 Å². The second-order valence-corrected chi connectivity index (χ2v) is 8.85. The Morgan fingerprint density at radius 1 is 1.32 bits per heavy atom. The lowest BCUT2D eigenvalue weighted by molar-refractivity contribution is 0.174. The minimum absolute atomic E-state index is 0.112. The molecule has 1 aromatic carbocycles. The maximum atomic E-state index is 11.9. The van der Waals surface area contributed by atoms with E-state index < -0.39 is 9.84 Å². The molecule has 6 nitrogen and oxygen atoms in total. The van der Waals surface area contributed by atoms with Crippen LogP contribution >= 0.6 is 11.8 Å². The Labute approximate surface area is 133 Å². The Kier molecular flexibility index (Phi) is 3.26. The predicted molar refractivity (Wildman–Crippen MR) is 86.8 cm³/mol. The van der Waals surface area contributed by atoms with Gasteiger partial charge in [0.05, 0.1) is 23.6 Å². The molecule has 22 heavy (non-hydrogen) atoms. The number of anilines is 1. The van der Waals surface area contributed by atoms with Crippen LogP contribution in [-0.4, -0.2) is 49.7 Å². The van der Waals surface area contributed by atoms with Gasteiger partial charge in [0.25, 0.3) is 0 Å². The first-order valence-corrected chi connectivity index (χ1v) is 9.98. The van der Waals surface area contributed by atoms with Crippen LogP contribution in [0.2, 0.25) is 0 Å². The zero-order valence-corrected chi connectivity index (χ0v) is 13.7. The highest BCUT2D eigenvalue weighted by atomic mass is 32.2. The van der Waals surface area contributed by atoms with Crippen molar-refractivity contribution in [2.75, 3.05) is 29.0 Å². The molecule has 3 aliphatic heterocycles. The fourth-order valence-corrected chi connectivity index (χ4v) is 5.79. The third-order valence-electron chi connectivity index (χ3n) is 4.02. The third-order valence-corrected chi connectivity index (χ3v) is 6.56. The zero-order chi connectivity index (χ0) is 15.3. The molecular formula is C14H16N2O4S2. The molecule has 8 heteroatoms. The smallest absolute Gasteiger partial charge is 0.231 e. The number of ether oxygens (including phenoxy) is 2. The van der Waals surface area contributed by atoms with Crippen molar-refractivity contribution in [3.05, 3.63) is 18.2 Å². The number of aliphatic imine (C=N–C) groups is 1. The zero-order valence-electron chi connectivity index (χ0n) is 12.1. The summed E-state index contributed by atoms with van der Waals surface area (Å²) in [5, 5.41) is 0.895. The van der Waals surface area contributed by atoms with Gasteiger partial charge in [0.2, 0.25) is 6.79 Å². The molecule has 0 aliphatic carbocycles. The number of rotatable bonds is 2. The fourth-order valence-electron chi connectivity index (χ4n) is 3.10. The summed E-state index contributed by atoms with van der Waals surface area (Å²) in [5.41, 5.74) is 0.911. The molecule has 3 heterocycles. The summed E-state index contributed by atoms with van der Waals surface area (Å²) in [7, 11) is -3.01. The molecule has 0 aromatic heterocycles. The summed E-state index contributed by atoms with van der Waals surface area (Å²) in [6.45, 7) is 2.29. The number of hydrogen-bond acceptors (Lipinski definition) is 7. The summed E-state index contributed by atoms with van der Waals surface area (Å²) >= 11 is 1.64. The van der Waals surface area contributed by atoms with Gasteiger partial charge in [-0.05, 0) is 17.9 Å². The first kappa shape index (κ1) is 14.2. The number of thioether (sulfide) groups is 1. The highest BCUT2D eigenvalue weighted by molar-refractivity contribution is 8.14. The number of amidine groups is 1. The van der Waals surface area contributed by atoms with E-state index in [0.717, 1.165) is 22.4 Å². The maximum absolute atomic E-state index is 11.9. The summed E-state index contributed by atoms with van der Waals surface area (Å²) in [6, 6.07) is 5.43. The second-order valence-electron chi connectivity index (χ2n) is 5.46. The lowest BCUT2D eigenvalue weighted by Crippen LogP contribution is -2.39. The first-order valence-electron chi connectivity index (χ1n) is 7.17. The molecule has 118 valence electrons. The topological polar surface area (TPSA) is 68.2 Å². The van der Waals surface area contributed by atoms with Crippen LogP contribution < -0.4 is 14.4 Å². The monoisotopic (exact) mass is 340 g/mol. The van der Waals surface area contributed by atoms with Crippen LogP contribution in [-0.2, 0) is 9.84 Å². The molecule has 4 rings (SSSR count). The highest BCUT2D eigenvalue weighted by Crippen LogP contribution is 2.40. The molecule has 0 spiro atoms. The summed E-state index contributed by atoms with van der Waals surface area (Å²) in [5.74, 6) is 2.62. The number of fused-ring (bicyclic) bond motifs is 2. The molecule has 0 amide bonds. The minimum atomic E-state index is -3.01. The van der Waals surface area contributed by atoms with Crippen molar-refractivity contribution < 1.29 is 17.9 Å². The van der Waals surface area contributed by atoms with Gasteiger partial charge in [-0.15, -0.1) is 0 Å². The van der Waals surface area contributed by atoms with Crippen LogP contribution in [0.5, 0.6) is 11.5 Å². The fraction of sp³-hybridized carbons (Fsp3) is 0.500. The minimum Gasteiger partial charge on any atom is -0.454 e. The number of sulfone groups is 1. The first-order chi connectivity index (χ1) is 10.6.